The topological polar surface area (TPSA) is 99.4 Å². The lowest BCUT2D eigenvalue weighted by molar-refractivity contribution is -0.119. The number of nitrogens with one attached hydrogen (secondary N) is 3. The van der Waals surface area contributed by atoms with E-state index in [1.165, 1.54) is 17.9 Å². The number of hydrogen-bond donors (Lipinski definition) is 3. The molecule has 1 unspecified atom stereocenters. The standard InChI is InChI=1S/C24H26FN5O3/c1-16(31)28-13-21-14-30(24(32)33-21)20-6-7-22(23(25)10-20)18-4-2-17(3-5-18)11-26-9-8-19-12-27-15-29-19/h2-7,10,12,15,21,26H,8-9,11,13-14H2,1H3,(H,27,29)(H,28,31). The predicted octanol–water partition coefficient (Wildman–Crippen LogP) is 3.01. The van der Waals surface area contributed by atoms with Crippen LogP contribution >= 0.6 is 0 Å². The van der Waals surface area contributed by atoms with Crippen molar-refractivity contribution in [1.29, 1.82) is 0 Å². The van der Waals surface area contributed by atoms with E-state index in [0.29, 0.717) is 17.8 Å². The van der Waals surface area contributed by atoms with Crippen molar-refractivity contribution in [3.63, 3.8) is 0 Å². The molecule has 3 aromatic rings. The molecule has 0 saturated carbocycles. The molecule has 0 spiro atoms. The van der Waals surface area contributed by atoms with Crippen molar-refractivity contribution in [3.8, 4) is 11.1 Å². The number of benzene rings is 2. The third kappa shape index (κ3) is 5.75. The van der Waals surface area contributed by atoms with Gasteiger partial charge in [0, 0.05) is 43.9 Å². The number of imidazole rings is 1. The van der Waals surface area contributed by atoms with Crippen LogP contribution in [0.25, 0.3) is 11.1 Å². The third-order valence-electron chi connectivity index (χ3n) is 5.44. The number of cyclic esters (lactones) is 1. The van der Waals surface area contributed by atoms with Gasteiger partial charge < -0.3 is 20.4 Å². The number of ether oxygens (including phenoxy) is 1. The Morgan fingerprint density at radius 2 is 2.09 bits per heavy atom. The minimum absolute atomic E-state index is 0.198. The molecule has 0 aliphatic carbocycles. The summed E-state index contributed by atoms with van der Waals surface area (Å²) < 4.78 is 20.1. The summed E-state index contributed by atoms with van der Waals surface area (Å²) in [5, 5.41) is 6.00. The van der Waals surface area contributed by atoms with Crippen LogP contribution in [0.2, 0.25) is 0 Å². The Balaban J connectivity index is 1.34. The van der Waals surface area contributed by atoms with E-state index in [4.69, 9.17) is 4.74 Å². The van der Waals surface area contributed by atoms with Crippen LogP contribution in [0.5, 0.6) is 0 Å². The van der Waals surface area contributed by atoms with Gasteiger partial charge in [0.1, 0.15) is 11.9 Å². The van der Waals surface area contributed by atoms with Gasteiger partial charge in [0.15, 0.2) is 0 Å². The lowest BCUT2D eigenvalue weighted by Crippen LogP contribution is -2.33. The molecular formula is C24H26FN5O3. The first-order valence-electron chi connectivity index (χ1n) is 10.8. The van der Waals surface area contributed by atoms with Crippen molar-refractivity contribution >= 4 is 17.7 Å². The molecule has 1 aliphatic rings. The molecule has 1 aliphatic heterocycles. The number of rotatable bonds is 9. The lowest BCUT2D eigenvalue weighted by atomic mass is 10.0. The van der Waals surface area contributed by atoms with Gasteiger partial charge in [-0.2, -0.15) is 0 Å². The van der Waals surface area contributed by atoms with Gasteiger partial charge >= 0.3 is 6.09 Å². The number of carbonyl (C=O) groups excluding carboxylic acids is 2. The molecule has 2 heterocycles. The van der Waals surface area contributed by atoms with Crippen LogP contribution in [0.15, 0.2) is 55.0 Å². The maximum Gasteiger partial charge on any atom is 0.414 e. The number of halogens is 1. The normalized spacial score (nSPS) is 15.5. The van der Waals surface area contributed by atoms with E-state index in [1.54, 1.807) is 18.5 Å². The van der Waals surface area contributed by atoms with Crippen LogP contribution in [0, 0.1) is 5.82 Å². The SMILES string of the molecule is CC(=O)NCC1CN(c2ccc(-c3ccc(CNCCc4cnc[nH]4)cc3)c(F)c2)C(=O)O1. The van der Waals surface area contributed by atoms with Gasteiger partial charge in [-0.15, -0.1) is 0 Å². The first-order valence-corrected chi connectivity index (χ1v) is 10.8. The fraction of sp³-hybridized carbons (Fsp3) is 0.292. The molecular weight excluding hydrogens is 425 g/mol. The second-order valence-corrected chi connectivity index (χ2v) is 7.92. The molecule has 1 atom stereocenters. The van der Waals surface area contributed by atoms with Crippen molar-refractivity contribution in [2.24, 2.45) is 0 Å². The largest absolute Gasteiger partial charge is 0.442 e. The Kier molecular flexibility index (Phi) is 6.99. The van der Waals surface area contributed by atoms with E-state index in [-0.39, 0.29) is 19.0 Å². The predicted molar refractivity (Wildman–Crippen MR) is 122 cm³/mol. The summed E-state index contributed by atoms with van der Waals surface area (Å²) in [5.41, 5.74) is 3.82. The zero-order valence-electron chi connectivity index (χ0n) is 18.3. The van der Waals surface area contributed by atoms with Gasteiger partial charge in [-0.25, -0.2) is 14.2 Å². The van der Waals surface area contributed by atoms with Gasteiger partial charge in [0.25, 0.3) is 0 Å². The monoisotopic (exact) mass is 451 g/mol. The molecule has 0 radical (unpaired) electrons. The Labute approximate surface area is 191 Å². The van der Waals surface area contributed by atoms with Crippen LogP contribution in [0.4, 0.5) is 14.9 Å². The van der Waals surface area contributed by atoms with Crippen molar-refractivity contribution in [1.82, 2.24) is 20.6 Å². The Hall–Kier alpha value is -3.72. The van der Waals surface area contributed by atoms with Crippen molar-refractivity contribution < 1.29 is 18.7 Å². The molecule has 1 saturated heterocycles. The number of aromatic amines is 1. The highest BCUT2D eigenvalue weighted by Gasteiger charge is 2.32. The first kappa shape index (κ1) is 22.5. The minimum atomic E-state index is -0.554. The average molecular weight is 452 g/mol. The van der Waals surface area contributed by atoms with Gasteiger partial charge in [-0.1, -0.05) is 24.3 Å². The second-order valence-electron chi connectivity index (χ2n) is 7.92. The van der Waals surface area contributed by atoms with Crippen LogP contribution < -0.4 is 15.5 Å². The summed E-state index contributed by atoms with van der Waals surface area (Å²) in [6.45, 7) is 3.41. The van der Waals surface area contributed by atoms with E-state index in [0.717, 1.165) is 29.8 Å². The summed E-state index contributed by atoms with van der Waals surface area (Å²) in [5.74, 6) is -0.619. The number of anilines is 1. The van der Waals surface area contributed by atoms with Crippen molar-refractivity contribution in [3.05, 3.63) is 72.1 Å². The Bertz CT molecular complexity index is 1100. The number of hydrogen-bond acceptors (Lipinski definition) is 5. The molecule has 4 rings (SSSR count). The summed E-state index contributed by atoms with van der Waals surface area (Å²) in [7, 11) is 0. The summed E-state index contributed by atoms with van der Waals surface area (Å²) in [4.78, 5) is 31.7. The third-order valence-corrected chi connectivity index (χ3v) is 5.44. The zero-order chi connectivity index (χ0) is 23.2. The maximum absolute atomic E-state index is 14.9. The molecule has 1 fully saturated rings. The smallest absolute Gasteiger partial charge is 0.414 e. The molecule has 1 aromatic heterocycles. The molecule has 33 heavy (non-hydrogen) atoms. The van der Waals surface area contributed by atoms with Crippen molar-refractivity contribution in [2.45, 2.75) is 26.0 Å². The number of carbonyl (C=O) groups is 2. The number of H-pyrrole nitrogens is 1. The highest BCUT2D eigenvalue weighted by atomic mass is 19.1. The summed E-state index contributed by atoms with van der Waals surface area (Å²) >= 11 is 0. The van der Waals surface area contributed by atoms with Crippen molar-refractivity contribution in [2.75, 3.05) is 24.5 Å². The fourth-order valence-electron chi connectivity index (χ4n) is 3.68. The highest BCUT2D eigenvalue weighted by Crippen LogP contribution is 2.29. The van der Waals surface area contributed by atoms with Crippen LogP contribution in [0.3, 0.4) is 0 Å². The number of amides is 2. The van der Waals surface area contributed by atoms with E-state index >= 15 is 0 Å². The number of nitrogens with zero attached hydrogens (tertiary/aromatic N) is 2. The van der Waals surface area contributed by atoms with Crippen LogP contribution in [0.1, 0.15) is 18.2 Å². The molecule has 3 N–H and O–H groups in total. The van der Waals surface area contributed by atoms with E-state index < -0.39 is 18.0 Å². The molecule has 9 heteroatoms. The summed E-state index contributed by atoms with van der Waals surface area (Å²) in [6.07, 6.45) is 3.33. The average Bonchev–Trinajstić information content (AvgIpc) is 3.45. The van der Waals surface area contributed by atoms with Gasteiger partial charge in [0.05, 0.1) is 25.1 Å². The minimum Gasteiger partial charge on any atom is -0.442 e. The first-order chi connectivity index (χ1) is 16.0. The fourth-order valence-corrected chi connectivity index (χ4v) is 3.68. The molecule has 0 bridgehead atoms. The Morgan fingerprint density at radius 3 is 2.79 bits per heavy atom. The lowest BCUT2D eigenvalue weighted by Gasteiger charge is -2.15. The molecule has 2 aromatic carbocycles. The van der Waals surface area contributed by atoms with Crippen LogP contribution in [-0.4, -0.2) is 47.7 Å². The molecule has 8 nitrogen and oxygen atoms in total. The second kappa shape index (κ2) is 10.3. The van der Waals surface area contributed by atoms with E-state index in [1.807, 2.05) is 30.5 Å². The van der Waals surface area contributed by atoms with Crippen LogP contribution in [-0.2, 0) is 22.5 Å². The Morgan fingerprint density at radius 1 is 1.27 bits per heavy atom. The maximum atomic E-state index is 14.9. The quantitative estimate of drug-likeness (QED) is 0.435. The molecule has 2 amide bonds. The molecule has 172 valence electrons. The van der Waals surface area contributed by atoms with Gasteiger partial charge in [-0.05, 0) is 29.3 Å². The van der Waals surface area contributed by atoms with E-state index in [9.17, 15) is 14.0 Å². The highest BCUT2D eigenvalue weighted by molar-refractivity contribution is 5.90. The van der Waals surface area contributed by atoms with Gasteiger partial charge in [0.2, 0.25) is 5.91 Å². The number of aromatic nitrogens is 2. The van der Waals surface area contributed by atoms with Gasteiger partial charge in [-0.3, -0.25) is 9.69 Å². The summed E-state index contributed by atoms with van der Waals surface area (Å²) in [6, 6.07) is 12.4. The van der Waals surface area contributed by atoms with E-state index in [2.05, 4.69) is 20.6 Å². The zero-order valence-corrected chi connectivity index (χ0v) is 18.3.